The molecule has 0 aliphatic carbocycles. The molecule has 4 atom stereocenters. The fraction of sp³-hybridized carbons (Fsp3) is 0.833. The van der Waals surface area contributed by atoms with Gasteiger partial charge in [-0.05, 0) is 12.3 Å². The summed E-state index contributed by atoms with van der Waals surface area (Å²) in [7, 11) is 0. The van der Waals surface area contributed by atoms with Crippen molar-refractivity contribution in [1.82, 2.24) is 9.80 Å². The molecule has 0 radical (unpaired) electrons. The molecule has 0 bridgehead atoms. The maximum absolute atomic E-state index is 12.3. The Labute approximate surface area is 111 Å². The van der Waals surface area contributed by atoms with Crippen LogP contribution in [0.5, 0.6) is 0 Å². The number of amides is 2. The number of aliphatic hydroxyl groups is 2. The highest BCUT2D eigenvalue weighted by Gasteiger charge is 2.41. The van der Waals surface area contributed by atoms with E-state index in [1.807, 2.05) is 6.92 Å². The number of piperidine rings is 1. The summed E-state index contributed by atoms with van der Waals surface area (Å²) in [4.78, 5) is 26.2. The summed E-state index contributed by atoms with van der Waals surface area (Å²) in [6.45, 7) is 2.75. The van der Waals surface area contributed by atoms with E-state index in [2.05, 4.69) is 0 Å². The fourth-order valence-electron chi connectivity index (χ4n) is 2.75. The zero-order chi connectivity index (χ0) is 14.2. The second-order valence-electron chi connectivity index (χ2n) is 5.46. The second-order valence-corrected chi connectivity index (χ2v) is 5.46. The monoisotopic (exact) mass is 272 g/mol. The Morgan fingerprint density at radius 2 is 1.89 bits per heavy atom. The van der Waals surface area contributed by atoms with E-state index in [9.17, 15) is 19.8 Å². The Morgan fingerprint density at radius 1 is 1.21 bits per heavy atom. The molecule has 0 aromatic carbocycles. The van der Waals surface area contributed by atoms with Crippen LogP contribution in [0, 0.1) is 5.92 Å². The first-order chi connectivity index (χ1) is 8.90. The van der Waals surface area contributed by atoms with Crippen molar-refractivity contribution in [2.24, 2.45) is 5.92 Å². The number of carboxylic acids is 1. The number of likely N-dealkylation sites (tertiary alicyclic amines) is 2. The predicted octanol–water partition coefficient (Wildman–Crippen LogP) is -0.671. The number of carbonyl (C=O) groups is 2. The van der Waals surface area contributed by atoms with Crippen LogP contribution in [0.4, 0.5) is 4.79 Å². The van der Waals surface area contributed by atoms with Crippen LogP contribution in [-0.2, 0) is 4.79 Å². The molecule has 2 saturated heterocycles. The first kappa shape index (κ1) is 14.1. The summed E-state index contributed by atoms with van der Waals surface area (Å²) < 4.78 is 0. The third-order valence-electron chi connectivity index (χ3n) is 3.94. The lowest BCUT2D eigenvalue weighted by Gasteiger charge is -2.37. The molecule has 2 aliphatic rings. The largest absolute Gasteiger partial charge is 0.480 e. The van der Waals surface area contributed by atoms with Gasteiger partial charge in [-0.15, -0.1) is 0 Å². The van der Waals surface area contributed by atoms with Gasteiger partial charge in [0.05, 0.1) is 12.2 Å². The first-order valence-corrected chi connectivity index (χ1v) is 6.54. The maximum atomic E-state index is 12.3. The van der Waals surface area contributed by atoms with Crippen LogP contribution in [0.25, 0.3) is 0 Å². The van der Waals surface area contributed by atoms with Gasteiger partial charge in [0.25, 0.3) is 0 Å². The van der Waals surface area contributed by atoms with Crippen LogP contribution < -0.4 is 0 Å². The van der Waals surface area contributed by atoms with E-state index >= 15 is 0 Å². The van der Waals surface area contributed by atoms with Crippen molar-refractivity contribution in [3.8, 4) is 0 Å². The van der Waals surface area contributed by atoms with E-state index < -0.39 is 24.2 Å². The number of aliphatic hydroxyl groups excluding tert-OH is 2. The number of β-amino-alcohol motifs (C(OH)–C–C–N with tert-alkyl or cyclic N) is 1. The number of rotatable bonds is 1. The van der Waals surface area contributed by atoms with Crippen LogP contribution in [0.1, 0.15) is 19.8 Å². The van der Waals surface area contributed by atoms with Crippen molar-refractivity contribution >= 4 is 12.0 Å². The normalized spacial score (nSPS) is 35.5. The van der Waals surface area contributed by atoms with Crippen molar-refractivity contribution in [2.75, 3.05) is 19.6 Å². The molecule has 2 aliphatic heterocycles. The van der Waals surface area contributed by atoms with Gasteiger partial charge in [0, 0.05) is 26.1 Å². The van der Waals surface area contributed by atoms with E-state index in [0.717, 1.165) is 0 Å². The maximum Gasteiger partial charge on any atom is 0.326 e. The van der Waals surface area contributed by atoms with E-state index in [1.54, 1.807) is 4.90 Å². The van der Waals surface area contributed by atoms with Crippen molar-refractivity contribution in [3.63, 3.8) is 0 Å². The minimum Gasteiger partial charge on any atom is -0.480 e. The quantitative estimate of drug-likeness (QED) is 0.587. The standard InChI is InChI=1S/C12H20N2O5/c1-7-5-13(3-2-10(7)16)12(19)14-6-8(15)4-9(14)11(17)18/h7-10,15-16H,2-6H2,1H3,(H,17,18)/t7?,8-,9-,10?/m1/s1. The van der Waals surface area contributed by atoms with E-state index in [1.165, 1.54) is 4.90 Å². The van der Waals surface area contributed by atoms with Crippen LogP contribution in [0.15, 0.2) is 0 Å². The predicted molar refractivity (Wildman–Crippen MR) is 65.5 cm³/mol. The average Bonchev–Trinajstić information content (AvgIpc) is 2.74. The van der Waals surface area contributed by atoms with Crippen molar-refractivity contribution in [2.45, 2.75) is 38.0 Å². The van der Waals surface area contributed by atoms with Crippen LogP contribution in [0.3, 0.4) is 0 Å². The Kier molecular flexibility index (Phi) is 3.96. The topological polar surface area (TPSA) is 101 Å². The highest BCUT2D eigenvalue weighted by Crippen LogP contribution is 2.23. The molecule has 2 fully saturated rings. The molecule has 19 heavy (non-hydrogen) atoms. The third-order valence-corrected chi connectivity index (χ3v) is 3.94. The molecule has 2 unspecified atom stereocenters. The summed E-state index contributed by atoms with van der Waals surface area (Å²) >= 11 is 0. The van der Waals surface area contributed by atoms with Gasteiger partial charge in [0.2, 0.25) is 0 Å². The van der Waals surface area contributed by atoms with Crippen LogP contribution in [0.2, 0.25) is 0 Å². The fourth-order valence-corrected chi connectivity index (χ4v) is 2.75. The zero-order valence-electron chi connectivity index (χ0n) is 10.9. The molecule has 108 valence electrons. The number of hydrogen-bond acceptors (Lipinski definition) is 4. The molecule has 0 saturated carbocycles. The Balaban J connectivity index is 2.04. The second kappa shape index (κ2) is 5.34. The molecule has 0 aromatic rings. The molecule has 7 heteroatoms. The lowest BCUT2D eigenvalue weighted by molar-refractivity contribution is -0.141. The Morgan fingerprint density at radius 3 is 2.47 bits per heavy atom. The summed E-state index contributed by atoms with van der Waals surface area (Å²) in [6, 6.07) is -1.31. The molecular weight excluding hydrogens is 252 g/mol. The molecule has 2 heterocycles. The smallest absolute Gasteiger partial charge is 0.326 e. The van der Waals surface area contributed by atoms with E-state index in [0.29, 0.717) is 19.5 Å². The van der Waals surface area contributed by atoms with E-state index in [4.69, 9.17) is 5.11 Å². The van der Waals surface area contributed by atoms with Gasteiger partial charge < -0.3 is 25.1 Å². The van der Waals surface area contributed by atoms with Gasteiger partial charge in [-0.2, -0.15) is 0 Å². The molecule has 0 spiro atoms. The lowest BCUT2D eigenvalue weighted by Crippen LogP contribution is -2.53. The SMILES string of the molecule is CC1CN(C(=O)N2C[C@H](O)C[C@@H]2C(=O)O)CCC1O. The van der Waals surface area contributed by atoms with Crippen molar-refractivity contribution in [3.05, 3.63) is 0 Å². The van der Waals surface area contributed by atoms with Gasteiger partial charge in [-0.3, -0.25) is 0 Å². The Hall–Kier alpha value is -1.34. The summed E-state index contributed by atoms with van der Waals surface area (Å²) in [5.74, 6) is -1.11. The molecular formula is C12H20N2O5. The highest BCUT2D eigenvalue weighted by atomic mass is 16.4. The average molecular weight is 272 g/mol. The summed E-state index contributed by atoms with van der Waals surface area (Å²) in [6.07, 6.45) is -0.616. The number of carboxylic acid groups (broad SMARTS) is 1. The zero-order valence-corrected chi connectivity index (χ0v) is 10.9. The molecule has 2 amide bonds. The van der Waals surface area contributed by atoms with Gasteiger partial charge in [0.15, 0.2) is 0 Å². The summed E-state index contributed by atoms with van der Waals surface area (Å²) in [5, 5.41) is 28.3. The van der Waals surface area contributed by atoms with Crippen LogP contribution >= 0.6 is 0 Å². The molecule has 0 aromatic heterocycles. The van der Waals surface area contributed by atoms with E-state index in [-0.39, 0.29) is 24.9 Å². The highest BCUT2D eigenvalue weighted by molar-refractivity contribution is 5.83. The number of nitrogens with zero attached hydrogens (tertiary/aromatic N) is 2. The van der Waals surface area contributed by atoms with Gasteiger partial charge in [-0.1, -0.05) is 6.92 Å². The van der Waals surface area contributed by atoms with Crippen LogP contribution in [-0.4, -0.2) is 75.0 Å². The third kappa shape index (κ3) is 2.82. The minimum atomic E-state index is -1.09. The minimum absolute atomic E-state index is 0.0199. The van der Waals surface area contributed by atoms with Gasteiger partial charge in [0.1, 0.15) is 6.04 Å². The lowest BCUT2D eigenvalue weighted by atomic mass is 9.97. The number of aliphatic carboxylic acids is 1. The molecule has 3 N–H and O–H groups in total. The van der Waals surface area contributed by atoms with Crippen molar-refractivity contribution in [1.29, 1.82) is 0 Å². The van der Waals surface area contributed by atoms with Gasteiger partial charge in [-0.25, -0.2) is 9.59 Å². The number of urea groups is 1. The number of carbonyl (C=O) groups excluding carboxylic acids is 1. The Bertz CT molecular complexity index is 375. The van der Waals surface area contributed by atoms with Crippen molar-refractivity contribution < 1.29 is 24.9 Å². The van der Waals surface area contributed by atoms with Gasteiger partial charge >= 0.3 is 12.0 Å². The molecule has 2 rings (SSSR count). The first-order valence-electron chi connectivity index (χ1n) is 6.54. The number of hydrogen-bond donors (Lipinski definition) is 3. The summed E-state index contributed by atoms with van der Waals surface area (Å²) in [5.41, 5.74) is 0. The molecule has 7 nitrogen and oxygen atoms in total.